The molecule has 0 bridgehead atoms. The Bertz CT molecular complexity index is 569. The Labute approximate surface area is 173 Å². The van der Waals surface area contributed by atoms with E-state index in [2.05, 4.69) is 20.7 Å². The Balaban J connectivity index is 5.21. The predicted molar refractivity (Wildman–Crippen MR) is 109 cm³/mol. The first-order chi connectivity index (χ1) is 13.2. The van der Waals surface area contributed by atoms with Gasteiger partial charge in [0.1, 0.15) is 24.2 Å². The monoisotopic (exact) mass is 415 g/mol. The molecule has 168 valence electrons. The lowest BCUT2D eigenvalue weighted by molar-refractivity contribution is -0.141. The van der Waals surface area contributed by atoms with Crippen molar-refractivity contribution in [2.45, 2.75) is 79.0 Å². The number of amides is 3. The molecule has 0 aliphatic rings. The third-order valence-corrected chi connectivity index (χ3v) is 3.69. The molecule has 0 saturated carbocycles. The van der Waals surface area contributed by atoms with Gasteiger partial charge in [-0.05, 0) is 45.4 Å². The average Bonchev–Trinajstić information content (AvgIpc) is 2.55. The molecule has 0 radical (unpaired) electrons. The van der Waals surface area contributed by atoms with E-state index in [1.807, 2.05) is 27.7 Å². The summed E-state index contributed by atoms with van der Waals surface area (Å²) in [5.74, 6) is -1.32. The van der Waals surface area contributed by atoms with Gasteiger partial charge in [0.15, 0.2) is 0 Å². The van der Waals surface area contributed by atoms with Crippen molar-refractivity contribution in [1.29, 1.82) is 0 Å². The van der Waals surface area contributed by atoms with E-state index in [9.17, 15) is 19.2 Å². The van der Waals surface area contributed by atoms with Gasteiger partial charge in [-0.2, -0.15) is 0 Å². The molecule has 0 heterocycles. The van der Waals surface area contributed by atoms with Crippen LogP contribution in [0.2, 0.25) is 0 Å². The van der Waals surface area contributed by atoms with E-state index < -0.39 is 41.6 Å². The van der Waals surface area contributed by atoms with Gasteiger partial charge >= 0.3 is 12.1 Å². The molecule has 0 fully saturated rings. The van der Waals surface area contributed by atoms with Gasteiger partial charge in [0.2, 0.25) is 11.8 Å². The molecule has 0 unspecified atom stereocenters. The maximum Gasteiger partial charge on any atom is 0.408 e. The zero-order chi connectivity index (χ0) is 22.8. The van der Waals surface area contributed by atoms with Crippen LogP contribution in [-0.2, 0) is 23.9 Å². The van der Waals surface area contributed by atoms with Gasteiger partial charge in [-0.1, -0.05) is 27.7 Å². The third kappa shape index (κ3) is 12.7. The van der Waals surface area contributed by atoms with Crippen molar-refractivity contribution in [2.75, 3.05) is 13.7 Å². The summed E-state index contributed by atoms with van der Waals surface area (Å²) in [6, 6.07) is -1.70. The standard InChI is InChI=1S/C20H37N3O6/c1-12(2)9-14(17(25)21-11-16(24)28-8)22-18(26)15(10-13(3)4)23-19(27)29-20(5,6)7/h12-15H,9-11H2,1-8H3,(H,21,25)(H,22,26)(H,23,27)/t14-,15+/m1/s1. The summed E-state index contributed by atoms with van der Waals surface area (Å²) in [5.41, 5.74) is -0.698. The van der Waals surface area contributed by atoms with Crippen molar-refractivity contribution < 1.29 is 28.7 Å². The molecule has 29 heavy (non-hydrogen) atoms. The molecular weight excluding hydrogens is 378 g/mol. The molecule has 0 aromatic carbocycles. The van der Waals surface area contributed by atoms with Crippen LogP contribution in [0.5, 0.6) is 0 Å². The molecule has 9 heteroatoms. The smallest absolute Gasteiger partial charge is 0.408 e. The molecule has 0 rings (SSSR count). The summed E-state index contributed by atoms with van der Waals surface area (Å²) in [5, 5.41) is 7.73. The largest absolute Gasteiger partial charge is 0.468 e. The van der Waals surface area contributed by atoms with Crippen molar-refractivity contribution in [2.24, 2.45) is 11.8 Å². The van der Waals surface area contributed by atoms with Gasteiger partial charge in [-0.3, -0.25) is 14.4 Å². The number of alkyl carbamates (subject to hydrolysis) is 1. The highest BCUT2D eigenvalue weighted by atomic mass is 16.6. The highest BCUT2D eigenvalue weighted by Crippen LogP contribution is 2.11. The zero-order valence-corrected chi connectivity index (χ0v) is 18.9. The Morgan fingerprint density at radius 1 is 0.828 bits per heavy atom. The van der Waals surface area contributed by atoms with Crippen LogP contribution >= 0.6 is 0 Å². The lowest BCUT2D eigenvalue weighted by atomic mass is 10.00. The number of carbonyl (C=O) groups is 4. The van der Waals surface area contributed by atoms with E-state index in [0.29, 0.717) is 12.8 Å². The minimum atomic E-state index is -0.854. The van der Waals surface area contributed by atoms with Gasteiger partial charge in [-0.25, -0.2) is 4.79 Å². The van der Waals surface area contributed by atoms with Gasteiger partial charge in [-0.15, -0.1) is 0 Å². The lowest BCUT2D eigenvalue weighted by Gasteiger charge is -2.26. The van der Waals surface area contributed by atoms with E-state index in [1.54, 1.807) is 20.8 Å². The summed E-state index contributed by atoms with van der Waals surface area (Å²) in [4.78, 5) is 48.6. The fourth-order valence-electron chi connectivity index (χ4n) is 2.48. The first kappa shape index (κ1) is 26.7. The number of ether oxygens (including phenoxy) is 2. The van der Waals surface area contributed by atoms with Crippen molar-refractivity contribution >= 4 is 23.9 Å². The first-order valence-corrected chi connectivity index (χ1v) is 9.89. The van der Waals surface area contributed by atoms with E-state index >= 15 is 0 Å². The lowest BCUT2D eigenvalue weighted by Crippen LogP contribution is -2.55. The number of hydrogen-bond donors (Lipinski definition) is 3. The van der Waals surface area contributed by atoms with Gasteiger partial charge in [0, 0.05) is 0 Å². The number of rotatable bonds is 10. The summed E-state index contributed by atoms with van der Waals surface area (Å²) in [6.07, 6.45) is 0.0527. The summed E-state index contributed by atoms with van der Waals surface area (Å²) < 4.78 is 9.74. The molecule has 3 amide bonds. The second-order valence-electron chi connectivity index (χ2n) is 8.81. The third-order valence-electron chi connectivity index (χ3n) is 3.69. The number of carbonyl (C=O) groups excluding carboxylic acids is 4. The fraction of sp³-hybridized carbons (Fsp3) is 0.800. The van der Waals surface area contributed by atoms with E-state index in [-0.39, 0.29) is 18.4 Å². The average molecular weight is 416 g/mol. The minimum absolute atomic E-state index is 0.117. The summed E-state index contributed by atoms with van der Waals surface area (Å²) in [6.45, 7) is 12.6. The topological polar surface area (TPSA) is 123 Å². The normalized spacial score (nSPS) is 13.4. The molecule has 3 N–H and O–H groups in total. The number of hydrogen-bond acceptors (Lipinski definition) is 6. The molecule has 2 atom stereocenters. The van der Waals surface area contributed by atoms with Gasteiger partial charge in [0.05, 0.1) is 7.11 Å². The van der Waals surface area contributed by atoms with Crippen LogP contribution in [0.4, 0.5) is 4.79 Å². The maximum atomic E-state index is 12.8. The molecule has 0 aromatic rings. The van der Waals surface area contributed by atoms with Crippen LogP contribution in [0.15, 0.2) is 0 Å². The number of esters is 1. The second-order valence-corrected chi connectivity index (χ2v) is 8.81. The summed E-state index contributed by atoms with van der Waals surface area (Å²) >= 11 is 0. The molecule has 0 saturated heterocycles. The minimum Gasteiger partial charge on any atom is -0.468 e. The Morgan fingerprint density at radius 3 is 1.72 bits per heavy atom. The van der Waals surface area contributed by atoms with Crippen LogP contribution in [0.3, 0.4) is 0 Å². The van der Waals surface area contributed by atoms with Crippen LogP contribution < -0.4 is 16.0 Å². The van der Waals surface area contributed by atoms with Crippen LogP contribution in [-0.4, -0.2) is 55.2 Å². The quantitative estimate of drug-likeness (QED) is 0.467. The molecule has 0 spiro atoms. The van der Waals surface area contributed by atoms with Crippen molar-refractivity contribution in [3.63, 3.8) is 0 Å². The molecular formula is C20H37N3O6. The zero-order valence-electron chi connectivity index (χ0n) is 18.9. The Kier molecular flexibility index (Phi) is 11.3. The maximum absolute atomic E-state index is 12.8. The Morgan fingerprint density at radius 2 is 1.31 bits per heavy atom. The van der Waals surface area contributed by atoms with E-state index in [1.165, 1.54) is 7.11 Å². The van der Waals surface area contributed by atoms with Crippen LogP contribution in [0.25, 0.3) is 0 Å². The Hall–Kier alpha value is -2.32. The molecule has 0 aliphatic carbocycles. The molecule has 0 aromatic heterocycles. The van der Waals surface area contributed by atoms with E-state index in [4.69, 9.17) is 4.74 Å². The highest BCUT2D eigenvalue weighted by molar-refractivity contribution is 5.92. The van der Waals surface area contributed by atoms with Crippen LogP contribution in [0, 0.1) is 11.8 Å². The molecule has 9 nitrogen and oxygen atoms in total. The first-order valence-electron chi connectivity index (χ1n) is 9.89. The molecule has 0 aliphatic heterocycles. The SMILES string of the molecule is COC(=O)CNC(=O)[C@@H](CC(C)C)NC(=O)[C@H](CC(C)C)NC(=O)OC(C)(C)C. The van der Waals surface area contributed by atoms with Crippen LogP contribution in [0.1, 0.15) is 61.3 Å². The van der Waals surface area contributed by atoms with Crippen molar-refractivity contribution in [1.82, 2.24) is 16.0 Å². The number of nitrogens with one attached hydrogen (secondary N) is 3. The second kappa shape index (κ2) is 12.3. The van der Waals surface area contributed by atoms with Gasteiger partial charge < -0.3 is 25.4 Å². The number of methoxy groups -OCH3 is 1. The van der Waals surface area contributed by atoms with Crippen molar-refractivity contribution in [3.8, 4) is 0 Å². The van der Waals surface area contributed by atoms with E-state index in [0.717, 1.165) is 0 Å². The predicted octanol–water partition coefficient (Wildman–Crippen LogP) is 1.75. The van der Waals surface area contributed by atoms with Crippen molar-refractivity contribution in [3.05, 3.63) is 0 Å². The van der Waals surface area contributed by atoms with Gasteiger partial charge in [0.25, 0.3) is 0 Å². The highest BCUT2D eigenvalue weighted by Gasteiger charge is 2.29. The summed E-state index contributed by atoms with van der Waals surface area (Å²) in [7, 11) is 1.22. The fourth-order valence-corrected chi connectivity index (χ4v) is 2.48.